The van der Waals surface area contributed by atoms with E-state index in [-0.39, 0.29) is 30.9 Å². The van der Waals surface area contributed by atoms with Gasteiger partial charge in [-0.15, -0.1) is 10.2 Å². The van der Waals surface area contributed by atoms with Crippen LogP contribution in [0.3, 0.4) is 0 Å². The molecule has 2 rings (SSSR count). The lowest BCUT2D eigenvalue weighted by molar-refractivity contribution is -0.384. The van der Waals surface area contributed by atoms with E-state index < -0.39 is 21.9 Å². The molecule has 0 aliphatic heterocycles. The first-order valence-electron chi connectivity index (χ1n) is 7.26. The Morgan fingerprint density at radius 2 is 2.15 bits per heavy atom. The van der Waals surface area contributed by atoms with Gasteiger partial charge in [0.25, 0.3) is 11.6 Å². The SMILES string of the molecule is CCN(CCOS(=O)(=O)[O-])c1ccc(N=Nc2ccno2)cc1[N+](=O)[O-].[H+]. The lowest BCUT2D eigenvalue weighted by atomic mass is 10.2. The molecule has 0 fully saturated rings. The molecule has 0 radical (unpaired) electrons. The Morgan fingerprint density at radius 3 is 2.73 bits per heavy atom. The number of nitro groups is 1. The largest absolute Gasteiger partial charge is 1.00 e. The van der Waals surface area contributed by atoms with Crippen LogP contribution in [0.5, 0.6) is 0 Å². The van der Waals surface area contributed by atoms with Gasteiger partial charge in [0.15, 0.2) is 0 Å². The summed E-state index contributed by atoms with van der Waals surface area (Å²) < 4.78 is 40.3. The summed E-state index contributed by atoms with van der Waals surface area (Å²) in [5.74, 6) is 0.142. The van der Waals surface area contributed by atoms with E-state index in [1.54, 1.807) is 6.92 Å². The zero-order valence-corrected chi connectivity index (χ0v) is 14.3. The van der Waals surface area contributed by atoms with Crippen LogP contribution in [-0.2, 0) is 14.6 Å². The topological polar surface area (TPSA) is 164 Å². The van der Waals surface area contributed by atoms with Crippen molar-refractivity contribution in [3.8, 4) is 0 Å². The quantitative estimate of drug-likeness (QED) is 0.207. The highest BCUT2D eigenvalue weighted by Crippen LogP contribution is 2.32. The monoisotopic (exact) mass is 385 g/mol. The molecule has 0 N–H and O–H groups in total. The van der Waals surface area contributed by atoms with Gasteiger partial charge in [0.2, 0.25) is 10.4 Å². The summed E-state index contributed by atoms with van der Waals surface area (Å²) in [4.78, 5) is 12.3. The van der Waals surface area contributed by atoms with Gasteiger partial charge in [-0.1, -0.05) is 5.16 Å². The van der Waals surface area contributed by atoms with Crippen LogP contribution in [0.4, 0.5) is 22.9 Å². The third kappa shape index (κ3) is 5.58. The second-order valence-corrected chi connectivity index (χ2v) is 5.84. The van der Waals surface area contributed by atoms with Gasteiger partial charge in [0.05, 0.1) is 23.4 Å². The summed E-state index contributed by atoms with van der Waals surface area (Å²) in [6.07, 6.45) is 1.38. The van der Waals surface area contributed by atoms with E-state index in [1.807, 2.05) is 0 Å². The first kappa shape index (κ1) is 19.4. The lowest BCUT2D eigenvalue weighted by Gasteiger charge is -2.23. The Hall–Kier alpha value is -2.90. The van der Waals surface area contributed by atoms with Crippen molar-refractivity contribution in [2.45, 2.75) is 6.92 Å². The zero-order valence-electron chi connectivity index (χ0n) is 14.5. The number of benzene rings is 1. The number of hydrogen-bond acceptors (Lipinski definition) is 11. The summed E-state index contributed by atoms with van der Waals surface area (Å²) >= 11 is 0. The van der Waals surface area contributed by atoms with Gasteiger partial charge in [0, 0.05) is 25.2 Å². The smallest absolute Gasteiger partial charge is 0.726 e. The van der Waals surface area contributed by atoms with Crippen LogP contribution in [0.25, 0.3) is 0 Å². The number of nitrogens with zero attached hydrogens (tertiary/aromatic N) is 5. The molecule has 0 saturated heterocycles. The molecule has 140 valence electrons. The predicted octanol–water partition coefficient (Wildman–Crippen LogP) is 2.41. The molecule has 1 aromatic carbocycles. The van der Waals surface area contributed by atoms with Gasteiger partial charge >= 0.3 is 1.43 Å². The minimum absolute atomic E-state index is 0. The highest BCUT2D eigenvalue weighted by atomic mass is 32.3. The number of nitro benzene ring substituents is 1. The van der Waals surface area contributed by atoms with E-state index in [2.05, 4.69) is 19.6 Å². The summed E-state index contributed by atoms with van der Waals surface area (Å²) in [7, 11) is -4.82. The molecular weight excluding hydrogens is 370 g/mol. The predicted molar refractivity (Wildman–Crippen MR) is 88.4 cm³/mol. The first-order valence-corrected chi connectivity index (χ1v) is 8.59. The fraction of sp³-hybridized carbons (Fsp3) is 0.308. The maximum atomic E-state index is 11.4. The van der Waals surface area contributed by atoms with E-state index in [0.29, 0.717) is 6.54 Å². The minimum Gasteiger partial charge on any atom is -0.726 e. The second-order valence-electron chi connectivity index (χ2n) is 4.79. The molecule has 0 spiro atoms. The Balaban J connectivity index is 0.00000364. The maximum Gasteiger partial charge on any atom is 1.00 e. The lowest BCUT2D eigenvalue weighted by Crippen LogP contribution is -2.28. The zero-order chi connectivity index (χ0) is 19.2. The standard InChI is InChI=1S/C13H15N5O7S/c1-2-17(7-8-24-26(21,22)23)11-4-3-10(9-12(11)18(19)20)15-16-13-5-6-14-25-13/h3-6,9H,2,7-8H2,1H3,(H,21,22,23). The number of aromatic nitrogens is 1. The Labute approximate surface area is 149 Å². The molecular formula is C13H15N5O7S. The molecule has 0 aliphatic rings. The van der Waals surface area contributed by atoms with Crippen LogP contribution >= 0.6 is 0 Å². The number of rotatable bonds is 9. The Kier molecular flexibility index (Phi) is 6.32. The van der Waals surface area contributed by atoms with Crippen LogP contribution in [0.2, 0.25) is 0 Å². The van der Waals surface area contributed by atoms with Crippen molar-refractivity contribution in [1.29, 1.82) is 0 Å². The summed E-state index contributed by atoms with van der Waals surface area (Å²) in [6, 6.07) is 5.62. The van der Waals surface area contributed by atoms with Gasteiger partial charge in [0.1, 0.15) is 5.69 Å². The molecule has 1 heterocycles. The third-order valence-electron chi connectivity index (χ3n) is 3.16. The average molecular weight is 385 g/mol. The molecule has 0 amide bonds. The van der Waals surface area contributed by atoms with Crippen molar-refractivity contribution in [1.82, 2.24) is 5.16 Å². The van der Waals surface area contributed by atoms with Crippen molar-refractivity contribution in [3.05, 3.63) is 40.6 Å². The van der Waals surface area contributed by atoms with Crippen LogP contribution in [0.15, 0.2) is 45.2 Å². The van der Waals surface area contributed by atoms with Crippen LogP contribution in [0, 0.1) is 10.1 Å². The highest BCUT2D eigenvalue weighted by molar-refractivity contribution is 7.80. The second kappa shape index (κ2) is 8.46. The Bertz CT molecular complexity index is 888. The first-order chi connectivity index (χ1) is 12.3. The molecule has 2 aromatic rings. The van der Waals surface area contributed by atoms with E-state index >= 15 is 0 Å². The molecule has 1 aromatic heterocycles. The van der Waals surface area contributed by atoms with E-state index in [4.69, 9.17) is 4.52 Å². The normalized spacial score (nSPS) is 11.8. The van der Waals surface area contributed by atoms with Gasteiger partial charge < -0.3 is 14.0 Å². The molecule has 26 heavy (non-hydrogen) atoms. The average Bonchev–Trinajstić information content (AvgIpc) is 3.09. The maximum absolute atomic E-state index is 11.4. The van der Waals surface area contributed by atoms with Crippen molar-refractivity contribution in [3.63, 3.8) is 0 Å². The minimum atomic E-state index is -4.82. The van der Waals surface area contributed by atoms with Crippen molar-refractivity contribution in [2.24, 2.45) is 10.2 Å². The van der Waals surface area contributed by atoms with Crippen molar-refractivity contribution >= 4 is 33.3 Å². The summed E-state index contributed by atoms with van der Waals surface area (Å²) in [5, 5.41) is 22.4. The third-order valence-corrected chi connectivity index (χ3v) is 3.61. The van der Waals surface area contributed by atoms with E-state index in [0.717, 1.165) is 0 Å². The van der Waals surface area contributed by atoms with Crippen LogP contribution in [0.1, 0.15) is 8.35 Å². The van der Waals surface area contributed by atoms with Gasteiger partial charge in [-0.2, -0.15) is 0 Å². The highest BCUT2D eigenvalue weighted by Gasteiger charge is 2.19. The molecule has 0 aliphatic carbocycles. The molecule has 0 saturated carbocycles. The molecule has 0 unspecified atom stereocenters. The van der Waals surface area contributed by atoms with Gasteiger partial charge in [-0.05, 0) is 19.1 Å². The van der Waals surface area contributed by atoms with E-state index in [9.17, 15) is 23.1 Å². The van der Waals surface area contributed by atoms with Crippen molar-refractivity contribution in [2.75, 3.05) is 24.6 Å². The molecule has 0 atom stereocenters. The fourth-order valence-electron chi connectivity index (χ4n) is 2.05. The van der Waals surface area contributed by atoms with Crippen molar-refractivity contribution < 1.29 is 28.0 Å². The number of likely N-dealkylation sites (N-methyl/N-ethyl adjacent to an activating group) is 1. The fourth-order valence-corrected chi connectivity index (χ4v) is 2.33. The van der Waals surface area contributed by atoms with Gasteiger partial charge in [-0.25, -0.2) is 8.42 Å². The number of azo groups is 1. The van der Waals surface area contributed by atoms with E-state index in [1.165, 1.54) is 35.4 Å². The molecule has 0 bridgehead atoms. The van der Waals surface area contributed by atoms with Crippen LogP contribution < -0.4 is 4.90 Å². The molecule has 13 heteroatoms. The number of hydrogen-bond donors (Lipinski definition) is 0. The van der Waals surface area contributed by atoms with Crippen LogP contribution in [-0.4, -0.2) is 42.7 Å². The number of anilines is 1. The Morgan fingerprint density at radius 1 is 1.38 bits per heavy atom. The molecule has 12 nitrogen and oxygen atoms in total. The summed E-state index contributed by atoms with van der Waals surface area (Å²) in [6.45, 7) is 1.58. The summed E-state index contributed by atoms with van der Waals surface area (Å²) in [5.41, 5.74) is 0.181. The van der Waals surface area contributed by atoms with Gasteiger partial charge in [-0.3, -0.25) is 14.3 Å².